The van der Waals surface area contributed by atoms with Crippen LogP contribution in [0.1, 0.15) is 18.5 Å². The molecular formula is C14H21N3O. The first kappa shape index (κ1) is 13.1. The van der Waals surface area contributed by atoms with E-state index in [1.54, 1.807) is 0 Å². The summed E-state index contributed by atoms with van der Waals surface area (Å²) in [5, 5.41) is 12.5. The molecule has 0 spiro atoms. The second-order valence-electron chi connectivity index (χ2n) is 4.60. The van der Waals surface area contributed by atoms with E-state index in [4.69, 9.17) is 5.11 Å². The summed E-state index contributed by atoms with van der Waals surface area (Å²) in [6, 6.07) is 6.71. The largest absolute Gasteiger partial charge is 0.395 e. The Kier molecular flexibility index (Phi) is 4.73. The number of aromatic nitrogens is 1. The fourth-order valence-corrected chi connectivity index (χ4v) is 1.85. The second kappa shape index (κ2) is 6.52. The number of nitrogens with zero attached hydrogens (tertiary/aromatic N) is 2. The van der Waals surface area contributed by atoms with Crippen LogP contribution in [0.25, 0.3) is 0 Å². The number of hydrogen-bond donors (Lipinski definition) is 2. The quantitative estimate of drug-likeness (QED) is 0.680. The fourth-order valence-electron chi connectivity index (χ4n) is 1.85. The van der Waals surface area contributed by atoms with Crippen LogP contribution in [-0.4, -0.2) is 35.8 Å². The molecule has 1 aliphatic carbocycles. The molecule has 1 saturated carbocycles. The molecule has 0 atom stereocenters. The molecule has 1 fully saturated rings. The fraction of sp³-hybridized carbons (Fsp3) is 0.500. The van der Waals surface area contributed by atoms with Crippen LogP contribution in [0.15, 0.2) is 30.9 Å². The third-order valence-corrected chi connectivity index (χ3v) is 2.98. The van der Waals surface area contributed by atoms with Crippen molar-refractivity contribution in [3.8, 4) is 0 Å². The zero-order valence-electron chi connectivity index (χ0n) is 10.7. The standard InChI is InChI=1S/C14H21N3O/c1-2-8-17(9-10-18)14-5-3-4-13(16-14)11-15-12-6-7-12/h2-5,12,15,18H,1,6-11H2. The number of anilines is 1. The van der Waals surface area contributed by atoms with Crippen molar-refractivity contribution >= 4 is 5.82 Å². The maximum absolute atomic E-state index is 9.06. The summed E-state index contributed by atoms with van der Waals surface area (Å²) in [4.78, 5) is 6.64. The summed E-state index contributed by atoms with van der Waals surface area (Å²) in [5.41, 5.74) is 1.05. The van der Waals surface area contributed by atoms with Crippen LogP contribution < -0.4 is 10.2 Å². The van der Waals surface area contributed by atoms with E-state index in [1.165, 1.54) is 12.8 Å². The highest BCUT2D eigenvalue weighted by Gasteiger charge is 2.20. The average molecular weight is 247 g/mol. The molecule has 0 radical (unpaired) electrons. The normalized spacial score (nSPS) is 14.5. The molecule has 0 bridgehead atoms. The van der Waals surface area contributed by atoms with E-state index in [2.05, 4.69) is 16.9 Å². The molecule has 98 valence electrons. The van der Waals surface area contributed by atoms with Gasteiger partial charge in [-0.15, -0.1) is 6.58 Å². The highest BCUT2D eigenvalue weighted by molar-refractivity contribution is 5.40. The van der Waals surface area contributed by atoms with E-state index in [1.807, 2.05) is 29.2 Å². The highest BCUT2D eigenvalue weighted by atomic mass is 16.3. The number of rotatable bonds is 8. The summed E-state index contributed by atoms with van der Waals surface area (Å²) in [7, 11) is 0. The maximum atomic E-state index is 9.06. The van der Waals surface area contributed by atoms with Gasteiger partial charge in [0.2, 0.25) is 0 Å². The summed E-state index contributed by atoms with van der Waals surface area (Å²) < 4.78 is 0. The van der Waals surface area contributed by atoms with Gasteiger partial charge < -0.3 is 15.3 Å². The van der Waals surface area contributed by atoms with Gasteiger partial charge in [0.15, 0.2) is 0 Å². The van der Waals surface area contributed by atoms with Gasteiger partial charge in [-0.1, -0.05) is 12.1 Å². The van der Waals surface area contributed by atoms with Gasteiger partial charge in [0, 0.05) is 25.7 Å². The van der Waals surface area contributed by atoms with Gasteiger partial charge in [-0.3, -0.25) is 0 Å². The van der Waals surface area contributed by atoms with Gasteiger partial charge in [-0.2, -0.15) is 0 Å². The van der Waals surface area contributed by atoms with Crippen molar-refractivity contribution in [2.75, 3.05) is 24.6 Å². The van der Waals surface area contributed by atoms with Crippen LogP contribution in [0.4, 0.5) is 5.82 Å². The van der Waals surface area contributed by atoms with Crippen molar-refractivity contribution in [1.82, 2.24) is 10.3 Å². The molecule has 2 N–H and O–H groups in total. The molecule has 0 aliphatic heterocycles. The third-order valence-electron chi connectivity index (χ3n) is 2.98. The van der Waals surface area contributed by atoms with Gasteiger partial charge in [-0.05, 0) is 25.0 Å². The molecule has 0 unspecified atom stereocenters. The number of aliphatic hydroxyl groups excluding tert-OH is 1. The SMILES string of the molecule is C=CCN(CCO)c1cccc(CNC2CC2)n1. The maximum Gasteiger partial charge on any atom is 0.129 e. The molecule has 2 rings (SSSR count). The molecular weight excluding hydrogens is 226 g/mol. The first-order valence-electron chi connectivity index (χ1n) is 6.49. The van der Waals surface area contributed by atoms with Crippen LogP contribution in [0.2, 0.25) is 0 Å². The minimum Gasteiger partial charge on any atom is -0.395 e. The smallest absolute Gasteiger partial charge is 0.129 e. The minimum atomic E-state index is 0.125. The van der Waals surface area contributed by atoms with Crippen LogP contribution in [-0.2, 0) is 6.54 Å². The van der Waals surface area contributed by atoms with Crippen LogP contribution >= 0.6 is 0 Å². The Balaban J connectivity index is 2.00. The Bertz CT molecular complexity index is 390. The van der Waals surface area contributed by atoms with Crippen molar-refractivity contribution in [3.63, 3.8) is 0 Å². The first-order chi connectivity index (χ1) is 8.83. The molecule has 1 aromatic rings. The van der Waals surface area contributed by atoms with Crippen LogP contribution in [0, 0.1) is 0 Å². The Morgan fingerprint density at radius 1 is 1.50 bits per heavy atom. The predicted molar refractivity (Wildman–Crippen MR) is 73.6 cm³/mol. The number of pyridine rings is 1. The van der Waals surface area contributed by atoms with Crippen LogP contribution in [0.5, 0.6) is 0 Å². The van der Waals surface area contributed by atoms with E-state index >= 15 is 0 Å². The van der Waals surface area contributed by atoms with Gasteiger partial charge in [0.25, 0.3) is 0 Å². The lowest BCUT2D eigenvalue weighted by Crippen LogP contribution is -2.28. The lowest BCUT2D eigenvalue weighted by molar-refractivity contribution is 0.302. The molecule has 0 amide bonds. The molecule has 1 aliphatic rings. The minimum absolute atomic E-state index is 0.125. The van der Waals surface area contributed by atoms with E-state index in [-0.39, 0.29) is 6.61 Å². The second-order valence-corrected chi connectivity index (χ2v) is 4.60. The first-order valence-corrected chi connectivity index (χ1v) is 6.49. The molecule has 4 nitrogen and oxygen atoms in total. The van der Waals surface area contributed by atoms with E-state index in [0.717, 1.165) is 18.1 Å². The number of nitrogens with one attached hydrogen (secondary N) is 1. The highest BCUT2D eigenvalue weighted by Crippen LogP contribution is 2.19. The predicted octanol–water partition coefficient (Wildman–Crippen LogP) is 1.32. The molecule has 1 aromatic heterocycles. The zero-order chi connectivity index (χ0) is 12.8. The Hall–Kier alpha value is -1.39. The van der Waals surface area contributed by atoms with Gasteiger partial charge in [0.1, 0.15) is 5.82 Å². The number of hydrogen-bond acceptors (Lipinski definition) is 4. The summed E-state index contributed by atoms with van der Waals surface area (Å²) >= 11 is 0. The lowest BCUT2D eigenvalue weighted by Gasteiger charge is -2.21. The molecule has 0 saturated heterocycles. The van der Waals surface area contributed by atoms with Crippen molar-refractivity contribution in [2.24, 2.45) is 0 Å². The summed E-state index contributed by atoms with van der Waals surface area (Å²) in [6.45, 7) is 5.96. The van der Waals surface area contributed by atoms with E-state index < -0.39 is 0 Å². The third kappa shape index (κ3) is 3.82. The van der Waals surface area contributed by atoms with Gasteiger partial charge in [0.05, 0.1) is 12.3 Å². The summed E-state index contributed by atoms with van der Waals surface area (Å²) in [6.07, 6.45) is 4.39. The monoisotopic (exact) mass is 247 g/mol. The lowest BCUT2D eigenvalue weighted by atomic mass is 10.3. The van der Waals surface area contributed by atoms with Crippen molar-refractivity contribution in [2.45, 2.75) is 25.4 Å². The Morgan fingerprint density at radius 2 is 2.33 bits per heavy atom. The van der Waals surface area contributed by atoms with Crippen molar-refractivity contribution in [1.29, 1.82) is 0 Å². The van der Waals surface area contributed by atoms with Crippen LogP contribution in [0.3, 0.4) is 0 Å². The zero-order valence-corrected chi connectivity index (χ0v) is 10.7. The average Bonchev–Trinajstić information content (AvgIpc) is 3.21. The van der Waals surface area contributed by atoms with E-state index in [9.17, 15) is 0 Å². The molecule has 1 heterocycles. The van der Waals surface area contributed by atoms with Crippen molar-refractivity contribution in [3.05, 3.63) is 36.5 Å². The van der Waals surface area contributed by atoms with E-state index in [0.29, 0.717) is 19.1 Å². The topological polar surface area (TPSA) is 48.4 Å². The molecule has 18 heavy (non-hydrogen) atoms. The Labute approximate surface area is 108 Å². The number of aliphatic hydroxyl groups is 1. The molecule has 4 heteroatoms. The summed E-state index contributed by atoms with van der Waals surface area (Å²) in [5.74, 6) is 0.902. The van der Waals surface area contributed by atoms with Gasteiger partial charge >= 0.3 is 0 Å². The molecule has 0 aromatic carbocycles. The Morgan fingerprint density at radius 3 is 3.00 bits per heavy atom. The van der Waals surface area contributed by atoms with Crippen molar-refractivity contribution < 1.29 is 5.11 Å². The van der Waals surface area contributed by atoms with Gasteiger partial charge in [-0.25, -0.2) is 4.98 Å².